The van der Waals surface area contributed by atoms with Gasteiger partial charge in [0.05, 0.1) is 20.5 Å². The van der Waals surface area contributed by atoms with Gasteiger partial charge in [0.1, 0.15) is 23.7 Å². The van der Waals surface area contributed by atoms with Gasteiger partial charge < -0.3 is 9.47 Å². The molecule has 6 nitrogen and oxygen atoms in total. The largest absolute Gasteiger partial charge is 0.456 e. The van der Waals surface area contributed by atoms with Gasteiger partial charge in [-0.15, -0.1) is 0 Å². The minimum absolute atomic E-state index is 0.0217. The molecule has 0 aliphatic heterocycles. The lowest BCUT2D eigenvalue weighted by atomic mass is 10.1. The molecule has 0 saturated heterocycles. The maximum atomic E-state index is 12.7. The average molecular weight is 471 g/mol. The summed E-state index contributed by atoms with van der Waals surface area (Å²) in [6.45, 7) is -0.420. The maximum absolute atomic E-state index is 12.7. The van der Waals surface area contributed by atoms with E-state index < -0.39 is 40.5 Å². The van der Waals surface area contributed by atoms with Crippen molar-refractivity contribution in [1.29, 1.82) is 0 Å². The molecule has 2 rings (SSSR count). The SMILES string of the molecule is O=C(OCC(Cl)=CCl)c1cc(Oc2ccc(C(F)(F)F)cc2Cl)ccc1[N+](=O)[O-]. The van der Waals surface area contributed by atoms with Crippen LogP contribution in [-0.2, 0) is 10.9 Å². The first-order valence-electron chi connectivity index (χ1n) is 7.48. The number of halogens is 6. The molecule has 154 valence electrons. The smallest absolute Gasteiger partial charge is 0.416 e. The Balaban J connectivity index is 2.33. The molecule has 0 atom stereocenters. The second-order valence-corrected chi connectivity index (χ2v) is 6.42. The Bertz CT molecular complexity index is 979. The number of ether oxygens (including phenoxy) is 2. The van der Waals surface area contributed by atoms with Crippen molar-refractivity contribution in [3.63, 3.8) is 0 Å². The second kappa shape index (κ2) is 9.34. The van der Waals surface area contributed by atoms with Crippen molar-refractivity contribution in [1.82, 2.24) is 0 Å². The first kappa shape index (κ1) is 22.8. The summed E-state index contributed by atoms with van der Waals surface area (Å²) in [7, 11) is 0. The first-order chi connectivity index (χ1) is 13.5. The van der Waals surface area contributed by atoms with Crippen LogP contribution in [0, 0.1) is 10.1 Å². The quantitative estimate of drug-likeness (QED) is 0.272. The highest BCUT2D eigenvalue weighted by molar-refractivity contribution is 6.36. The van der Waals surface area contributed by atoms with Crippen LogP contribution >= 0.6 is 34.8 Å². The summed E-state index contributed by atoms with van der Waals surface area (Å²) in [5, 5.41) is 10.8. The van der Waals surface area contributed by atoms with Gasteiger partial charge in [0.2, 0.25) is 0 Å². The number of nitrogens with zero attached hydrogens (tertiary/aromatic N) is 1. The molecule has 2 aromatic carbocycles. The predicted molar refractivity (Wildman–Crippen MR) is 99.7 cm³/mol. The fourth-order valence-corrected chi connectivity index (χ4v) is 2.37. The normalized spacial score (nSPS) is 11.9. The summed E-state index contributed by atoms with van der Waals surface area (Å²) in [5.74, 6) is -1.33. The van der Waals surface area contributed by atoms with E-state index in [1.165, 1.54) is 0 Å². The molecule has 0 saturated carbocycles. The topological polar surface area (TPSA) is 78.7 Å². The van der Waals surface area contributed by atoms with Gasteiger partial charge in [-0.25, -0.2) is 4.79 Å². The van der Waals surface area contributed by atoms with E-state index in [2.05, 4.69) is 0 Å². The Morgan fingerprint density at radius 2 is 1.90 bits per heavy atom. The molecule has 0 heterocycles. The van der Waals surface area contributed by atoms with E-state index in [0.717, 1.165) is 35.9 Å². The molecule has 0 amide bonds. The molecule has 0 unspecified atom stereocenters. The number of rotatable bonds is 6. The van der Waals surface area contributed by atoms with Crippen molar-refractivity contribution in [2.24, 2.45) is 0 Å². The number of benzene rings is 2. The molecule has 0 N–H and O–H groups in total. The molecule has 0 fully saturated rings. The summed E-state index contributed by atoms with van der Waals surface area (Å²) in [5.41, 5.74) is -1.07. The Labute approximate surface area is 176 Å². The first-order valence-corrected chi connectivity index (χ1v) is 8.67. The van der Waals surface area contributed by atoms with Gasteiger partial charge in [0, 0.05) is 17.7 Å². The van der Waals surface area contributed by atoms with Gasteiger partial charge >= 0.3 is 12.1 Å². The summed E-state index contributed by atoms with van der Waals surface area (Å²) in [4.78, 5) is 22.5. The predicted octanol–water partition coefficient (Wildman–Crippen LogP) is 6.54. The van der Waals surface area contributed by atoms with E-state index in [0.29, 0.717) is 6.07 Å². The highest BCUT2D eigenvalue weighted by Crippen LogP contribution is 2.37. The zero-order valence-corrected chi connectivity index (χ0v) is 16.3. The van der Waals surface area contributed by atoms with Crippen LogP contribution in [0.4, 0.5) is 18.9 Å². The number of alkyl halides is 3. The van der Waals surface area contributed by atoms with Gasteiger partial charge in [-0.3, -0.25) is 10.1 Å². The fourth-order valence-electron chi connectivity index (χ4n) is 2.03. The third-order valence-corrected chi connectivity index (χ3v) is 4.22. The maximum Gasteiger partial charge on any atom is 0.416 e. The van der Waals surface area contributed by atoms with Crippen molar-refractivity contribution < 1.29 is 32.4 Å². The minimum Gasteiger partial charge on any atom is -0.456 e. The monoisotopic (exact) mass is 469 g/mol. The molecular weight excluding hydrogens is 462 g/mol. The second-order valence-electron chi connectivity index (χ2n) is 5.31. The lowest BCUT2D eigenvalue weighted by molar-refractivity contribution is -0.385. The molecule has 0 aliphatic carbocycles. The van der Waals surface area contributed by atoms with Crippen molar-refractivity contribution in [2.75, 3.05) is 6.61 Å². The van der Waals surface area contributed by atoms with Crippen molar-refractivity contribution in [2.45, 2.75) is 6.18 Å². The highest BCUT2D eigenvalue weighted by atomic mass is 35.5. The number of hydrogen-bond donors (Lipinski definition) is 0. The van der Waals surface area contributed by atoms with E-state index >= 15 is 0 Å². The lowest BCUT2D eigenvalue weighted by Crippen LogP contribution is -2.09. The molecule has 0 spiro atoms. The van der Waals surface area contributed by atoms with Crippen LogP contribution in [0.5, 0.6) is 11.5 Å². The zero-order chi connectivity index (χ0) is 21.8. The summed E-state index contributed by atoms with van der Waals surface area (Å²) >= 11 is 16.7. The zero-order valence-electron chi connectivity index (χ0n) is 14.0. The van der Waals surface area contributed by atoms with Crippen LogP contribution < -0.4 is 4.74 Å². The number of nitro groups is 1. The van der Waals surface area contributed by atoms with Crippen LogP contribution in [0.25, 0.3) is 0 Å². The molecule has 12 heteroatoms. The van der Waals surface area contributed by atoms with E-state index in [1.807, 2.05) is 0 Å². The Hall–Kier alpha value is -2.49. The van der Waals surface area contributed by atoms with Gasteiger partial charge in [-0.2, -0.15) is 13.2 Å². The third-order valence-electron chi connectivity index (χ3n) is 3.33. The van der Waals surface area contributed by atoms with Crippen molar-refractivity contribution in [3.8, 4) is 11.5 Å². The van der Waals surface area contributed by atoms with Gasteiger partial charge in [-0.05, 0) is 24.3 Å². The van der Waals surface area contributed by atoms with Crippen LogP contribution in [-0.4, -0.2) is 17.5 Å². The van der Waals surface area contributed by atoms with Crippen LogP contribution in [0.1, 0.15) is 15.9 Å². The number of carbonyl (C=O) groups excluding carboxylic acids is 1. The van der Waals surface area contributed by atoms with Gasteiger partial charge in [0.25, 0.3) is 5.69 Å². The highest BCUT2D eigenvalue weighted by Gasteiger charge is 2.31. The molecule has 0 radical (unpaired) electrons. The lowest BCUT2D eigenvalue weighted by Gasteiger charge is -2.12. The summed E-state index contributed by atoms with van der Waals surface area (Å²) in [6, 6.07) is 5.51. The molecule has 0 bridgehead atoms. The third kappa shape index (κ3) is 5.99. The van der Waals surface area contributed by atoms with Gasteiger partial charge in [0.15, 0.2) is 0 Å². The van der Waals surface area contributed by atoms with Crippen LogP contribution in [0.3, 0.4) is 0 Å². The summed E-state index contributed by atoms with van der Waals surface area (Å²) in [6.07, 6.45) is -4.59. The number of hydrogen-bond acceptors (Lipinski definition) is 5. The van der Waals surface area contributed by atoms with E-state index in [1.54, 1.807) is 0 Å². The van der Waals surface area contributed by atoms with E-state index in [4.69, 9.17) is 44.3 Å². The summed E-state index contributed by atoms with van der Waals surface area (Å²) < 4.78 is 48.3. The molecule has 0 aliphatic rings. The number of nitro benzene ring substituents is 1. The molecule has 29 heavy (non-hydrogen) atoms. The Morgan fingerprint density at radius 3 is 2.45 bits per heavy atom. The van der Waals surface area contributed by atoms with E-state index in [9.17, 15) is 28.1 Å². The number of carbonyl (C=O) groups is 1. The Kier molecular flexibility index (Phi) is 7.34. The van der Waals surface area contributed by atoms with Crippen molar-refractivity contribution in [3.05, 3.63) is 73.2 Å². The average Bonchev–Trinajstić information content (AvgIpc) is 2.66. The van der Waals surface area contributed by atoms with Gasteiger partial charge in [-0.1, -0.05) is 34.8 Å². The molecular formula is C17H9Cl3F3NO5. The standard InChI is InChI=1S/C17H9Cl3F3NO5/c18-7-10(19)8-28-16(25)12-6-11(2-3-14(12)24(26)27)29-15-4-1-9(5-13(15)20)17(21,22)23/h1-7H,8H2. The van der Waals surface area contributed by atoms with E-state index in [-0.39, 0.29) is 21.6 Å². The fraction of sp³-hybridized carbons (Fsp3) is 0.118. The number of esters is 1. The van der Waals surface area contributed by atoms with Crippen LogP contribution in [0.2, 0.25) is 5.02 Å². The minimum atomic E-state index is -4.59. The molecule has 2 aromatic rings. The van der Waals surface area contributed by atoms with Crippen molar-refractivity contribution >= 4 is 46.5 Å². The van der Waals surface area contributed by atoms with Crippen LogP contribution in [0.15, 0.2) is 47.0 Å². The molecule has 0 aromatic heterocycles. The Morgan fingerprint density at radius 1 is 1.21 bits per heavy atom.